The number of rotatable bonds is 3. The second kappa shape index (κ2) is 15.0. The van der Waals surface area contributed by atoms with E-state index in [0.717, 1.165) is 46.7 Å². The number of carboxylic acid groups (broad SMARTS) is 1. The summed E-state index contributed by atoms with van der Waals surface area (Å²) in [4.78, 5) is 45.5. The lowest BCUT2D eigenvalue weighted by molar-refractivity contribution is -0.192. The Morgan fingerprint density at radius 3 is 2.31 bits per heavy atom. The van der Waals surface area contributed by atoms with Crippen molar-refractivity contribution < 1.29 is 32.7 Å². The predicted octanol–water partition coefficient (Wildman–Crippen LogP) is 7.23. The highest BCUT2D eigenvalue weighted by Gasteiger charge is 2.38. The number of nitrogens with zero attached hydrogens (tertiary/aromatic N) is 3. The lowest BCUT2D eigenvalue weighted by atomic mass is 9.95. The molecule has 6 rings (SSSR count). The maximum absolute atomic E-state index is 13.3. The second-order valence-corrected chi connectivity index (χ2v) is 11.5. The van der Waals surface area contributed by atoms with Crippen LogP contribution >= 0.6 is 11.6 Å². The Hall–Kier alpha value is -5.37. The van der Waals surface area contributed by atoms with Gasteiger partial charge >= 0.3 is 18.2 Å². The highest BCUT2D eigenvalue weighted by molar-refractivity contribution is 6.32. The number of aromatic nitrogens is 2. The number of carbonyl (C=O) groups is 3. The number of benzene rings is 3. The van der Waals surface area contributed by atoms with Gasteiger partial charge in [-0.3, -0.25) is 4.79 Å². The zero-order chi connectivity index (χ0) is 34.3. The monoisotopic (exact) mass is 681 g/mol. The van der Waals surface area contributed by atoms with Gasteiger partial charge in [0.05, 0.1) is 6.20 Å². The van der Waals surface area contributed by atoms with Gasteiger partial charge in [0.2, 0.25) is 11.9 Å². The largest absolute Gasteiger partial charge is 0.490 e. The topological polar surface area (TPSA) is 149 Å². The first-order valence-corrected chi connectivity index (χ1v) is 15.3. The number of likely N-dealkylation sites (tertiary alicyclic amines) is 1. The molecule has 3 amide bonds. The zero-order valence-corrected chi connectivity index (χ0v) is 26.1. The number of hydrogen-bond acceptors (Lipinski definition) is 7. The summed E-state index contributed by atoms with van der Waals surface area (Å²) in [5, 5.41) is 20.2. The lowest BCUT2D eigenvalue weighted by Gasteiger charge is -2.31. The molecule has 0 atom stereocenters. The molecular formula is C33H31ClF3N7O4. The summed E-state index contributed by atoms with van der Waals surface area (Å²) >= 11 is 6.39. The molecule has 1 saturated heterocycles. The SMILES string of the molecule is O=C(Nc1ccc2cc1CCc1cccc(c1)Nc1ncc(Cl)c(n1)N2)C1CCN(C(=O)Nc2ccccc2)CC1.O=C(O)C(F)(F)F. The molecule has 15 heteroatoms. The van der Waals surface area contributed by atoms with Crippen molar-refractivity contribution in [2.45, 2.75) is 31.9 Å². The summed E-state index contributed by atoms with van der Waals surface area (Å²) in [5.41, 5.74) is 5.40. The number of para-hydroxylation sites is 1. The number of halogens is 4. The summed E-state index contributed by atoms with van der Waals surface area (Å²) < 4.78 is 31.7. The van der Waals surface area contributed by atoms with E-state index in [9.17, 15) is 22.8 Å². The number of carbonyl (C=O) groups excluding carboxylic acids is 2. The van der Waals surface area contributed by atoms with Crippen LogP contribution in [0.25, 0.3) is 0 Å². The number of amides is 3. The molecule has 2 aliphatic heterocycles. The van der Waals surface area contributed by atoms with Gasteiger partial charge in [0.25, 0.3) is 0 Å². The molecule has 3 aromatic carbocycles. The molecule has 4 aromatic rings. The molecule has 6 bridgehead atoms. The number of aliphatic carboxylic acids is 1. The van der Waals surface area contributed by atoms with Gasteiger partial charge in [0.1, 0.15) is 5.02 Å². The van der Waals surface area contributed by atoms with Crippen molar-refractivity contribution in [2.75, 3.05) is 34.4 Å². The number of anilines is 6. The molecule has 2 aliphatic rings. The minimum atomic E-state index is -5.08. The number of urea groups is 1. The molecule has 250 valence electrons. The third kappa shape index (κ3) is 9.12. The summed E-state index contributed by atoms with van der Waals surface area (Å²) in [7, 11) is 0. The summed E-state index contributed by atoms with van der Waals surface area (Å²) in [5.74, 6) is -2.02. The van der Waals surface area contributed by atoms with Gasteiger partial charge in [-0.1, -0.05) is 41.9 Å². The van der Waals surface area contributed by atoms with Gasteiger partial charge in [0.15, 0.2) is 5.82 Å². The van der Waals surface area contributed by atoms with Crippen molar-refractivity contribution in [3.05, 3.63) is 95.1 Å². The van der Waals surface area contributed by atoms with Gasteiger partial charge in [-0.05, 0) is 79.3 Å². The van der Waals surface area contributed by atoms with Crippen molar-refractivity contribution in [2.24, 2.45) is 5.92 Å². The molecule has 0 aliphatic carbocycles. The molecule has 0 saturated carbocycles. The number of fused-ring (bicyclic) bond motifs is 6. The van der Waals surface area contributed by atoms with Gasteiger partial charge in [-0.15, -0.1) is 0 Å². The van der Waals surface area contributed by atoms with Gasteiger partial charge in [-0.2, -0.15) is 18.2 Å². The number of hydrogen-bond donors (Lipinski definition) is 5. The Balaban J connectivity index is 0.000000582. The van der Waals surface area contributed by atoms with Crippen LogP contribution < -0.4 is 21.3 Å². The number of aryl methyl sites for hydroxylation is 2. The van der Waals surface area contributed by atoms with Crippen LogP contribution in [0.4, 0.5) is 52.5 Å². The fourth-order valence-electron chi connectivity index (χ4n) is 5.17. The molecule has 11 nitrogen and oxygen atoms in total. The van der Waals surface area contributed by atoms with Crippen LogP contribution in [0, 0.1) is 5.92 Å². The molecule has 5 N–H and O–H groups in total. The summed E-state index contributed by atoms with van der Waals surface area (Å²) in [6, 6.07) is 23.2. The van der Waals surface area contributed by atoms with Crippen molar-refractivity contribution in [3.8, 4) is 0 Å². The summed E-state index contributed by atoms with van der Waals surface area (Å²) in [6.45, 7) is 1.05. The maximum Gasteiger partial charge on any atom is 0.490 e. The maximum atomic E-state index is 13.3. The van der Waals surface area contributed by atoms with Crippen LogP contribution in [-0.2, 0) is 22.4 Å². The highest BCUT2D eigenvalue weighted by atomic mass is 35.5. The van der Waals surface area contributed by atoms with Crippen LogP contribution in [0.15, 0.2) is 79.0 Å². The van der Waals surface area contributed by atoms with Crippen LogP contribution in [-0.4, -0.2) is 57.1 Å². The third-order valence-corrected chi connectivity index (χ3v) is 7.93. The Labute approximate surface area is 278 Å². The number of piperidine rings is 1. The lowest BCUT2D eigenvalue weighted by Crippen LogP contribution is -2.43. The molecule has 48 heavy (non-hydrogen) atoms. The Kier molecular flexibility index (Phi) is 10.6. The van der Waals surface area contributed by atoms with Gasteiger partial charge < -0.3 is 31.3 Å². The van der Waals surface area contributed by atoms with Crippen molar-refractivity contribution >= 4 is 64.0 Å². The fourth-order valence-corrected chi connectivity index (χ4v) is 5.31. The van der Waals surface area contributed by atoms with Crippen LogP contribution in [0.3, 0.4) is 0 Å². The van der Waals surface area contributed by atoms with Crippen LogP contribution in [0.2, 0.25) is 5.02 Å². The van der Waals surface area contributed by atoms with E-state index in [1.807, 2.05) is 60.7 Å². The first-order valence-electron chi connectivity index (χ1n) is 14.9. The van der Waals surface area contributed by atoms with E-state index in [1.54, 1.807) is 11.1 Å². The average Bonchev–Trinajstić information content (AvgIpc) is 3.07. The fraction of sp³-hybridized carbons (Fsp3) is 0.242. The highest BCUT2D eigenvalue weighted by Crippen LogP contribution is 2.30. The van der Waals surface area contributed by atoms with Crippen molar-refractivity contribution in [3.63, 3.8) is 0 Å². The van der Waals surface area contributed by atoms with Gasteiger partial charge in [0, 0.05) is 41.8 Å². The van der Waals surface area contributed by atoms with E-state index in [-0.39, 0.29) is 17.9 Å². The Bertz CT molecular complexity index is 1790. The standard InChI is InChI=1S/C31H30ClN7O2.C2HF3O2/c32-26-19-33-30-35-24-8-4-5-20(17-24)9-10-22-18-25(34-28(26)38-30)11-12-27(22)37-29(40)21-13-15-39(16-14-21)31(41)36-23-6-2-1-3-7-23;3-2(4,5)1(6)7/h1-8,11-12,17-19,21H,9-10,13-16H2,(H,36,41)(H,37,40)(H2,33,34,35,38);(H,6,7). The van der Waals surface area contributed by atoms with E-state index in [4.69, 9.17) is 21.5 Å². The second-order valence-electron chi connectivity index (χ2n) is 11.1. The number of carboxylic acids is 1. The molecule has 1 fully saturated rings. The first kappa shape index (κ1) is 34.0. The Morgan fingerprint density at radius 1 is 0.896 bits per heavy atom. The van der Waals surface area contributed by atoms with E-state index in [0.29, 0.717) is 42.7 Å². The molecule has 3 heterocycles. The van der Waals surface area contributed by atoms with Gasteiger partial charge in [-0.25, -0.2) is 14.6 Å². The molecule has 0 radical (unpaired) electrons. The summed E-state index contributed by atoms with van der Waals surface area (Å²) in [6.07, 6.45) is -0.789. The first-order chi connectivity index (χ1) is 22.9. The normalized spacial score (nSPS) is 14.3. The zero-order valence-electron chi connectivity index (χ0n) is 25.4. The van der Waals surface area contributed by atoms with E-state index in [1.165, 1.54) is 0 Å². The minimum Gasteiger partial charge on any atom is -0.475 e. The number of alkyl halides is 3. The minimum absolute atomic E-state index is 0.0253. The molecular weight excluding hydrogens is 651 g/mol. The number of nitrogens with one attached hydrogen (secondary N) is 4. The molecule has 1 aromatic heterocycles. The van der Waals surface area contributed by atoms with E-state index in [2.05, 4.69) is 43.4 Å². The van der Waals surface area contributed by atoms with E-state index >= 15 is 0 Å². The Morgan fingerprint density at radius 2 is 1.60 bits per heavy atom. The van der Waals surface area contributed by atoms with Crippen LogP contribution in [0.5, 0.6) is 0 Å². The van der Waals surface area contributed by atoms with Crippen molar-refractivity contribution in [1.29, 1.82) is 0 Å². The molecule has 0 spiro atoms. The third-order valence-electron chi connectivity index (χ3n) is 7.66. The van der Waals surface area contributed by atoms with Crippen molar-refractivity contribution in [1.82, 2.24) is 14.9 Å². The quantitative estimate of drug-likeness (QED) is 0.152. The van der Waals surface area contributed by atoms with Crippen LogP contribution in [0.1, 0.15) is 24.0 Å². The van der Waals surface area contributed by atoms with E-state index < -0.39 is 12.1 Å². The molecule has 0 unspecified atom stereocenters. The smallest absolute Gasteiger partial charge is 0.475 e. The average molecular weight is 682 g/mol. The predicted molar refractivity (Wildman–Crippen MR) is 176 cm³/mol.